The first-order chi connectivity index (χ1) is 12.5. The van der Waals surface area contributed by atoms with Gasteiger partial charge in [0, 0.05) is 28.7 Å². The first-order valence-electron chi connectivity index (χ1n) is 8.63. The molecule has 0 unspecified atom stereocenters. The van der Waals surface area contributed by atoms with Gasteiger partial charge in [0.15, 0.2) is 5.78 Å². The summed E-state index contributed by atoms with van der Waals surface area (Å²) in [5.74, 6) is 1.23. The Morgan fingerprint density at radius 3 is 2.42 bits per heavy atom. The van der Waals surface area contributed by atoms with E-state index in [1.807, 2.05) is 43.3 Å². The largest absolute Gasteiger partial charge is 0.340 e. The molecule has 0 radical (unpaired) electrons. The highest BCUT2D eigenvalue weighted by molar-refractivity contribution is 5.95. The van der Waals surface area contributed by atoms with Gasteiger partial charge in [0.2, 0.25) is 5.95 Å². The minimum absolute atomic E-state index is 0.0328. The number of carbonyl (C=O) groups is 1. The van der Waals surface area contributed by atoms with E-state index in [2.05, 4.69) is 39.7 Å². The number of aryl methyl sites for hydroxylation is 2. The van der Waals surface area contributed by atoms with Crippen molar-refractivity contribution >= 4 is 28.9 Å². The molecule has 3 aromatic rings. The van der Waals surface area contributed by atoms with Gasteiger partial charge >= 0.3 is 0 Å². The van der Waals surface area contributed by atoms with Crippen LogP contribution < -0.4 is 10.6 Å². The van der Waals surface area contributed by atoms with E-state index in [-0.39, 0.29) is 5.78 Å². The highest BCUT2D eigenvalue weighted by Crippen LogP contribution is 2.20. The van der Waals surface area contributed by atoms with Gasteiger partial charge in [0.1, 0.15) is 5.82 Å². The summed E-state index contributed by atoms with van der Waals surface area (Å²) in [6, 6.07) is 17.5. The zero-order chi connectivity index (χ0) is 18.5. The molecule has 0 bridgehead atoms. The van der Waals surface area contributed by atoms with Crippen LogP contribution in [-0.4, -0.2) is 15.8 Å². The lowest BCUT2D eigenvalue weighted by Crippen LogP contribution is -2.03. The van der Waals surface area contributed by atoms with Crippen LogP contribution in [0.1, 0.15) is 35.5 Å². The van der Waals surface area contributed by atoms with Gasteiger partial charge < -0.3 is 10.6 Å². The van der Waals surface area contributed by atoms with Gasteiger partial charge in [-0.2, -0.15) is 4.98 Å². The van der Waals surface area contributed by atoms with Gasteiger partial charge in [0.25, 0.3) is 0 Å². The Morgan fingerprint density at radius 2 is 1.73 bits per heavy atom. The summed E-state index contributed by atoms with van der Waals surface area (Å²) < 4.78 is 0. The van der Waals surface area contributed by atoms with Crippen molar-refractivity contribution < 1.29 is 4.79 Å². The minimum Gasteiger partial charge on any atom is -0.340 e. The Bertz CT molecular complexity index is 920. The van der Waals surface area contributed by atoms with Crippen molar-refractivity contribution in [3.8, 4) is 0 Å². The second kappa shape index (κ2) is 7.78. The standard InChI is InChI=1S/C21H22N4O/c1-4-16-8-10-18(11-9-16)24-21-22-14(2)12-20(25-21)23-19-7-5-6-17(13-19)15(3)26/h5-13H,4H2,1-3H3,(H2,22,23,24,25). The maximum atomic E-state index is 11.5. The van der Waals surface area contributed by atoms with Crippen molar-refractivity contribution in [1.82, 2.24) is 9.97 Å². The number of ketones is 1. The van der Waals surface area contributed by atoms with E-state index in [9.17, 15) is 4.79 Å². The van der Waals surface area contributed by atoms with Crippen LogP contribution >= 0.6 is 0 Å². The van der Waals surface area contributed by atoms with E-state index in [1.165, 1.54) is 5.56 Å². The van der Waals surface area contributed by atoms with Gasteiger partial charge in [-0.15, -0.1) is 0 Å². The number of nitrogens with zero attached hydrogens (tertiary/aromatic N) is 2. The fraction of sp³-hybridized carbons (Fsp3) is 0.190. The number of hydrogen-bond acceptors (Lipinski definition) is 5. The van der Waals surface area contributed by atoms with Crippen LogP contribution in [0.3, 0.4) is 0 Å². The van der Waals surface area contributed by atoms with Crippen LogP contribution in [0.4, 0.5) is 23.1 Å². The van der Waals surface area contributed by atoms with Gasteiger partial charge in [-0.05, 0) is 50.1 Å². The Kier molecular flexibility index (Phi) is 5.27. The predicted octanol–water partition coefficient (Wildman–Crippen LogP) is 5.04. The monoisotopic (exact) mass is 346 g/mol. The molecule has 0 saturated heterocycles. The average molecular weight is 346 g/mol. The number of benzene rings is 2. The third kappa shape index (κ3) is 4.45. The summed E-state index contributed by atoms with van der Waals surface area (Å²) in [5, 5.41) is 6.48. The third-order valence-electron chi connectivity index (χ3n) is 4.01. The minimum atomic E-state index is 0.0328. The molecular formula is C21H22N4O. The molecule has 0 aliphatic rings. The Labute approximate surface area is 153 Å². The molecular weight excluding hydrogens is 324 g/mol. The SMILES string of the molecule is CCc1ccc(Nc2nc(C)cc(Nc3cccc(C(C)=O)c3)n2)cc1. The average Bonchev–Trinajstić information content (AvgIpc) is 2.62. The molecule has 2 N–H and O–H groups in total. The fourth-order valence-electron chi connectivity index (χ4n) is 2.61. The summed E-state index contributed by atoms with van der Waals surface area (Å²) in [6.45, 7) is 5.61. The van der Waals surface area contributed by atoms with E-state index in [0.717, 1.165) is 23.5 Å². The van der Waals surface area contributed by atoms with E-state index in [1.54, 1.807) is 13.0 Å². The van der Waals surface area contributed by atoms with Gasteiger partial charge in [-0.3, -0.25) is 4.79 Å². The molecule has 2 aromatic carbocycles. The predicted molar refractivity (Wildman–Crippen MR) is 106 cm³/mol. The Morgan fingerprint density at radius 1 is 0.962 bits per heavy atom. The Balaban J connectivity index is 1.80. The first kappa shape index (κ1) is 17.6. The second-order valence-electron chi connectivity index (χ2n) is 6.16. The van der Waals surface area contributed by atoms with Crippen LogP contribution in [0.25, 0.3) is 0 Å². The number of Topliss-reactive ketones (excluding diaryl/α,β-unsaturated/α-hetero) is 1. The summed E-state index contributed by atoms with van der Waals surface area (Å²) in [6.07, 6.45) is 1.01. The third-order valence-corrected chi connectivity index (χ3v) is 4.01. The number of rotatable bonds is 6. The van der Waals surface area contributed by atoms with E-state index in [4.69, 9.17) is 0 Å². The molecule has 0 saturated carbocycles. The molecule has 1 aromatic heterocycles. The normalized spacial score (nSPS) is 10.4. The van der Waals surface area contributed by atoms with E-state index >= 15 is 0 Å². The van der Waals surface area contributed by atoms with Gasteiger partial charge in [-0.25, -0.2) is 4.98 Å². The van der Waals surface area contributed by atoms with Crippen molar-refractivity contribution in [3.63, 3.8) is 0 Å². The molecule has 132 valence electrons. The number of carbonyl (C=O) groups excluding carboxylic acids is 1. The second-order valence-corrected chi connectivity index (χ2v) is 6.16. The maximum Gasteiger partial charge on any atom is 0.229 e. The molecule has 5 heteroatoms. The van der Waals surface area contributed by atoms with Gasteiger partial charge in [0.05, 0.1) is 0 Å². The molecule has 26 heavy (non-hydrogen) atoms. The quantitative estimate of drug-likeness (QED) is 0.612. The highest BCUT2D eigenvalue weighted by Gasteiger charge is 2.05. The summed E-state index contributed by atoms with van der Waals surface area (Å²) in [4.78, 5) is 20.5. The molecule has 0 aliphatic carbocycles. The molecule has 0 aliphatic heterocycles. The zero-order valence-electron chi connectivity index (χ0n) is 15.2. The molecule has 0 atom stereocenters. The summed E-state index contributed by atoms with van der Waals surface area (Å²) >= 11 is 0. The molecule has 0 fully saturated rings. The van der Waals surface area contributed by atoms with Crippen LogP contribution in [0.2, 0.25) is 0 Å². The fourth-order valence-corrected chi connectivity index (χ4v) is 2.61. The van der Waals surface area contributed by atoms with Crippen molar-refractivity contribution in [2.45, 2.75) is 27.2 Å². The lowest BCUT2D eigenvalue weighted by Gasteiger charge is -2.11. The highest BCUT2D eigenvalue weighted by atomic mass is 16.1. The van der Waals surface area contributed by atoms with Crippen molar-refractivity contribution in [2.75, 3.05) is 10.6 Å². The van der Waals surface area contributed by atoms with Crippen LogP contribution in [0.5, 0.6) is 0 Å². The van der Waals surface area contributed by atoms with Crippen LogP contribution in [0, 0.1) is 6.92 Å². The van der Waals surface area contributed by atoms with Crippen LogP contribution in [-0.2, 0) is 6.42 Å². The molecule has 0 amide bonds. The Hall–Kier alpha value is -3.21. The van der Waals surface area contributed by atoms with E-state index < -0.39 is 0 Å². The van der Waals surface area contributed by atoms with Crippen molar-refractivity contribution in [3.05, 3.63) is 71.4 Å². The topological polar surface area (TPSA) is 66.9 Å². The zero-order valence-corrected chi connectivity index (χ0v) is 15.2. The molecule has 1 heterocycles. The summed E-state index contributed by atoms with van der Waals surface area (Å²) in [7, 11) is 0. The smallest absolute Gasteiger partial charge is 0.229 e. The number of hydrogen-bond donors (Lipinski definition) is 2. The van der Waals surface area contributed by atoms with Crippen molar-refractivity contribution in [1.29, 1.82) is 0 Å². The van der Waals surface area contributed by atoms with Gasteiger partial charge in [-0.1, -0.05) is 31.2 Å². The van der Waals surface area contributed by atoms with E-state index in [0.29, 0.717) is 17.3 Å². The number of nitrogens with one attached hydrogen (secondary N) is 2. The van der Waals surface area contributed by atoms with Crippen molar-refractivity contribution in [2.24, 2.45) is 0 Å². The van der Waals surface area contributed by atoms with Crippen LogP contribution in [0.15, 0.2) is 54.6 Å². The number of aromatic nitrogens is 2. The maximum absolute atomic E-state index is 11.5. The first-order valence-corrected chi connectivity index (χ1v) is 8.63. The number of anilines is 4. The summed E-state index contributed by atoms with van der Waals surface area (Å²) in [5.41, 5.74) is 4.55. The molecule has 5 nitrogen and oxygen atoms in total. The molecule has 3 rings (SSSR count). The molecule has 0 spiro atoms. The lowest BCUT2D eigenvalue weighted by molar-refractivity contribution is 0.101. The lowest BCUT2D eigenvalue weighted by atomic mass is 10.1.